The molecular weight excluding hydrogens is 471 g/mol. The number of nitrogens with one attached hydrogen (secondary N) is 2. The molecule has 0 aromatic heterocycles. The standard InChI is InChI=1S/C24H23Cl3N2O3/c1-3-31-23-11-16(13-28-19-6-8-20(9-7-19)29-15(2)30)10-22(27)24(23)32-14-17-4-5-18(25)12-21(17)26/h4-12,28H,3,13-14H2,1-2H3,(H,29,30). The first-order chi connectivity index (χ1) is 15.4. The topological polar surface area (TPSA) is 59.6 Å². The van der Waals surface area contributed by atoms with E-state index in [0.29, 0.717) is 39.7 Å². The quantitative estimate of drug-likeness (QED) is 0.331. The maximum atomic E-state index is 11.1. The lowest BCUT2D eigenvalue weighted by molar-refractivity contribution is -0.114. The molecule has 0 aliphatic heterocycles. The second-order valence-electron chi connectivity index (χ2n) is 6.97. The average molecular weight is 494 g/mol. The number of benzene rings is 3. The van der Waals surface area contributed by atoms with Gasteiger partial charge in [0.1, 0.15) is 6.61 Å². The molecular formula is C24H23Cl3N2O3. The Morgan fingerprint density at radius 3 is 2.28 bits per heavy atom. The highest BCUT2D eigenvalue weighted by Gasteiger charge is 2.14. The van der Waals surface area contributed by atoms with Gasteiger partial charge in [-0.3, -0.25) is 4.79 Å². The first kappa shape index (κ1) is 24.1. The maximum Gasteiger partial charge on any atom is 0.221 e. The average Bonchev–Trinajstić information content (AvgIpc) is 2.74. The van der Waals surface area contributed by atoms with Crippen LogP contribution in [0.5, 0.6) is 11.5 Å². The van der Waals surface area contributed by atoms with Crippen molar-refractivity contribution in [2.45, 2.75) is 27.0 Å². The fourth-order valence-corrected chi connectivity index (χ4v) is 3.74. The molecule has 0 aliphatic rings. The van der Waals surface area contributed by atoms with Crippen LogP contribution < -0.4 is 20.1 Å². The molecule has 0 radical (unpaired) electrons. The number of ether oxygens (including phenoxy) is 2. The Kier molecular flexibility index (Phi) is 8.51. The van der Waals surface area contributed by atoms with Crippen molar-refractivity contribution < 1.29 is 14.3 Å². The third-order valence-electron chi connectivity index (χ3n) is 4.46. The van der Waals surface area contributed by atoms with Crippen LogP contribution in [-0.2, 0) is 17.9 Å². The van der Waals surface area contributed by atoms with E-state index in [1.165, 1.54) is 6.92 Å². The fourth-order valence-electron chi connectivity index (χ4n) is 2.99. The molecule has 8 heteroatoms. The molecule has 168 valence electrons. The monoisotopic (exact) mass is 492 g/mol. The number of hydrogen-bond donors (Lipinski definition) is 2. The molecule has 2 N–H and O–H groups in total. The number of halogens is 3. The molecule has 3 rings (SSSR count). The highest BCUT2D eigenvalue weighted by Crippen LogP contribution is 2.38. The second-order valence-corrected chi connectivity index (χ2v) is 8.23. The Labute approximate surface area is 202 Å². The van der Waals surface area contributed by atoms with Crippen molar-refractivity contribution in [3.05, 3.63) is 80.8 Å². The first-order valence-electron chi connectivity index (χ1n) is 9.99. The second kappa shape index (κ2) is 11.3. The lowest BCUT2D eigenvalue weighted by Crippen LogP contribution is -2.06. The molecule has 0 saturated heterocycles. The fraction of sp³-hybridized carbons (Fsp3) is 0.208. The van der Waals surface area contributed by atoms with Crippen molar-refractivity contribution >= 4 is 52.1 Å². The summed E-state index contributed by atoms with van der Waals surface area (Å²) in [7, 11) is 0. The SMILES string of the molecule is CCOc1cc(CNc2ccc(NC(C)=O)cc2)cc(Cl)c1OCc1ccc(Cl)cc1Cl. The Balaban J connectivity index is 1.71. The van der Waals surface area contributed by atoms with Gasteiger partial charge in [0.05, 0.1) is 11.6 Å². The van der Waals surface area contributed by atoms with Crippen LogP contribution in [0.1, 0.15) is 25.0 Å². The van der Waals surface area contributed by atoms with Gasteiger partial charge >= 0.3 is 0 Å². The molecule has 0 aliphatic carbocycles. The molecule has 0 unspecified atom stereocenters. The molecule has 1 amide bonds. The molecule has 32 heavy (non-hydrogen) atoms. The summed E-state index contributed by atoms with van der Waals surface area (Å²) in [5.74, 6) is 0.912. The molecule has 3 aromatic rings. The smallest absolute Gasteiger partial charge is 0.221 e. The summed E-state index contributed by atoms with van der Waals surface area (Å²) in [5, 5.41) is 7.60. The van der Waals surface area contributed by atoms with Gasteiger partial charge in [-0.15, -0.1) is 0 Å². The lowest BCUT2D eigenvalue weighted by atomic mass is 10.2. The summed E-state index contributed by atoms with van der Waals surface area (Å²) in [4.78, 5) is 11.1. The molecule has 0 heterocycles. The Morgan fingerprint density at radius 1 is 0.906 bits per heavy atom. The lowest BCUT2D eigenvalue weighted by Gasteiger charge is -2.16. The van der Waals surface area contributed by atoms with Crippen molar-refractivity contribution in [3.8, 4) is 11.5 Å². The number of amides is 1. The summed E-state index contributed by atoms with van der Waals surface area (Å²) in [6.07, 6.45) is 0. The Hall–Kier alpha value is -2.60. The predicted octanol–water partition coefficient (Wildman–Crippen LogP) is 7.20. The minimum Gasteiger partial charge on any atom is -0.490 e. The minimum atomic E-state index is -0.107. The van der Waals surface area contributed by atoms with Crippen LogP contribution in [0.25, 0.3) is 0 Å². The first-order valence-corrected chi connectivity index (χ1v) is 11.1. The van der Waals surface area contributed by atoms with E-state index in [9.17, 15) is 4.79 Å². The van der Waals surface area contributed by atoms with E-state index in [1.807, 2.05) is 49.4 Å². The summed E-state index contributed by atoms with van der Waals surface area (Å²) in [5.41, 5.74) is 3.38. The Bertz CT molecular complexity index is 1090. The van der Waals surface area contributed by atoms with E-state index in [2.05, 4.69) is 10.6 Å². The largest absolute Gasteiger partial charge is 0.490 e. The van der Waals surface area contributed by atoms with Gasteiger partial charge in [-0.2, -0.15) is 0 Å². The van der Waals surface area contributed by atoms with E-state index >= 15 is 0 Å². The van der Waals surface area contributed by atoms with Crippen LogP contribution >= 0.6 is 34.8 Å². The zero-order valence-corrected chi connectivity index (χ0v) is 19.9. The van der Waals surface area contributed by atoms with E-state index in [0.717, 1.165) is 22.5 Å². The van der Waals surface area contributed by atoms with Crippen molar-refractivity contribution in [1.82, 2.24) is 0 Å². The van der Waals surface area contributed by atoms with Gasteiger partial charge in [0.2, 0.25) is 5.91 Å². The summed E-state index contributed by atoms with van der Waals surface area (Å²) < 4.78 is 11.7. The molecule has 0 bridgehead atoms. The van der Waals surface area contributed by atoms with Gasteiger partial charge < -0.3 is 20.1 Å². The van der Waals surface area contributed by atoms with Gasteiger partial charge in [0.15, 0.2) is 11.5 Å². The van der Waals surface area contributed by atoms with E-state index in [4.69, 9.17) is 44.3 Å². The Morgan fingerprint density at radius 2 is 1.62 bits per heavy atom. The van der Waals surface area contributed by atoms with Gasteiger partial charge in [-0.05, 0) is 61.0 Å². The van der Waals surface area contributed by atoms with Gasteiger partial charge in [-0.25, -0.2) is 0 Å². The van der Waals surface area contributed by atoms with Crippen molar-refractivity contribution in [1.29, 1.82) is 0 Å². The van der Waals surface area contributed by atoms with Crippen LogP contribution in [0.4, 0.5) is 11.4 Å². The highest BCUT2D eigenvalue weighted by atomic mass is 35.5. The predicted molar refractivity (Wildman–Crippen MR) is 131 cm³/mol. The molecule has 0 saturated carbocycles. The summed E-state index contributed by atoms with van der Waals surface area (Å²) in [6, 6.07) is 16.4. The number of carbonyl (C=O) groups excluding carboxylic acids is 1. The molecule has 0 spiro atoms. The van der Waals surface area contributed by atoms with Crippen molar-refractivity contribution in [2.24, 2.45) is 0 Å². The van der Waals surface area contributed by atoms with Crippen molar-refractivity contribution in [2.75, 3.05) is 17.2 Å². The van der Waals surface area contributed by atoms with Crippen LogP contribution in [0, 0.1) is 0 Å². The maximum absolute atomic E-state index is 11.1. The number of rotatable bonds is 9. The van der Waals surface area contributed by atoms with Crippen LogP contribution in [0.3, 0.4) is 0 Å². The number of anilines is 2. The van der Waals surface area contributed by atoms with Crippen LogP contribution in [0.2, 0.25) is 15.1 Å². The number of carbonyl (C=O) groups is 1. The third kappa shape index (κ3) is 6.70. The zero-order chi connectivity index (χ0) is 23.1. The van der Waals surface area contributed by atoms with E-state index in [-0.39, 0.29) is 12.5 Å². The van der Waals surface area contributed by atoms with Crippen LogP contribution in [0.15, 0.2) is 54.6 Å². The van der Waals surface area contributed by atoms with Gasteiger partial charge in [0, 0.05) is 40.5 Å². The van der Waals surface area contributed by atoms with Crippen molar-refractivity contribution in [3.63, 3.8) is 0 Å². The number of hydrogen-bond acceptors (Lipinski definition) is 4. The van der Waals surface area contributed by atoms with Gasteiger partial charge in [0.25, 0.3) is 0 Å². The summed E-state index contributed by atoms with van der Waals surface area (Å²) in [6.45, 7) is 4.60. The molecule has 0 fully saturated rings. The third-order valence-corrected chi connectivity index (χ3v) is 5.33. The zero-order valence-electron chi connectivity index (χ0n) is 17.7. The highest BCUT2D eigenvalue weighted by molar-refractivity contribution is 6.35. The van der Waals surface area contributed by atoms with Gasteiger partial charge in [-0.1, -0.05) is 40.9 Å². The van der Waals surface area contributed by atoms with E-state index in [1.54, 1.807) is 12.1 Å². The van der Waals surface area contributed by atoms with E-state index < -0.39 is 0 Å². The molecule has 3 aromatic carbocycles. The molecule has 5 nitrogen and oxygen atoms in total. The van der Waals surface area contributed by atoms with Crippen LogP contribution in [-0.4, -0.2) is 12.5 Å². The minimum absolute atomic E-state index is 0.107. The normalized spacial score (nSPS) is 10.5. The summed E-state index contributed by atoms with van der Waals surface area (Å²) >= 11 is 18.7. The molecule has 0 atom stereocenters.